The Bertz CT molecular complexity index is 415. The third-order valence-electron chi connectivity index (χ3n) is 4.88. The predicted octanol–water partition coefficient (Wildman–Crippen LogP) is 5.50. The molecular weight excluding hydrogens is 275 g/mol. The lowest BCUT2D eigenvalue weighted by Gasteiger charge is -2.36. The van der Waals surface area contributed by atoms with Gasteiger partial charge >= 0.3 is 0 Å². The summed E-state index contributed by atoms with van der Waals surface area (Å²) in [5.41, 5.74) is 4.19. The lowest BCUT2D eigenvalue weighted by atomic mass is 9.73. The summed E-state index contributed by atoms with van der Waals surface area (Å²) < 4.78 is 0. The summed E-state index contributed by atoms with van der Waals surface area (Å²) >= 11 is 12.7. The molecule has 0 heterocycles. The van der Waals surface area contributed by atoms with Crippen LogP contribution in [0.25, 0.3) is 0 Å². The van der Waals surface area contributed by atoms with Gasteiger partial charge in [-0.1, -0.05) is 31.0 Å². The summed E-state index contributed by atoms with van der Waals surface area (Å²) in [6.45, 7) is 4.34. The van der Waals surface area contributed by atoms with Crippen molar-refractivity contribution < 1.29 is 0 Å². The van der Waals surface area contributed by atoms with E-state index in [4.69, 9.17) is 23.2 Å². The molecule has 2 rings (SSSR count). The number of alkyl halides is 2. The second kappa shape index (κ2) is 6.50. The zero-order chi connectivity index (χ0) is 13.9. The highest BCUT2D eigenvalue weighted by atomic mass is 35.5. The molecule has 0 amide bonds. The largest absolute Gasteiger partial charge is 0.126 e. The van der Waals surface area contributed by atoms with Gasteiger partial charge in [-0.3, -0.25) is 0 Å². The van der Waals surface area contributed by atoms with Gasteiger partial charge in [0.2, 0.25) is 0 Å². The summed E-state index contributed by atoms with van der Waals surface area (Å²) in [6.07, 6.45) is 6.29. The predicted molar refractivity (Wildman–Crippen MR) is 85.5 cm³/mol. The molecule has 1 aliphatic carbocycles. The Hall–Kier alpha value is -0.200. The Morgan fingerprint density at radius 2 is 1.68 bits per heavy atom. The molecular formula is C17H24Cl2. The molecule has 19 heavy (non-hydrogen) atoms. The van der Waals surface area contributed by atoms with Crippen LogP contribution in [0.1, 0.15) is 42.4 Å². The molecule has 1 aromatic carbocycles. The Balaban J connectivity index is 2.21. The normalized spacial score (nSPS) is 17.1. The number of rotatable bonds is 5. The van der Waals surface area contributed by atoms with E-state index in [1.165, 1.54) is 42.4 Å². The van der Waals surface area contributed by atoms with E-state index in [1.54, 1.807) is 0 Å². The minimum atomic E-state index is 0.0846. The van der Waals surface area contributed by atoms with E-state index in [9.17, 15) is 0 Å². The van der Waals surface area contributed by atoms with E-state index in [0.717, 1.165) is 6.42 Å². The second-order valence-corrected chi connectivity index (χ2v) is 6.74. The van der Waals surface area contributed by atoms with Crippen molar-refractivity contribution in [1.29, 1.82) is 0 Å². The monoisotopic (exact) mass is 298 g/mol. The number of hydrogen-bond donors (Lipinski definition) is 0. The molecule has 0 saturated heterocycles. The Kier molecular flexibility index (Phi) is 5.20. The fourth-order valence-electron chi connectivity index (χ4n) is 3.35. The highest BCUT2D eigenvalue weighted by Crippen LogP contribution is 2.44. The molecule has 0 atom stereocenters. The molecule has 0 spiro atoms. The van der Waals surface area contributed by atoms with Crippen LogP contribution < -0.4 is 0 Å². The molecule has 1 aliphatic rings. The third kappa shape index (κ3) is 3.28. The van der Waals surface area contributed by atoms with Crippen molar-refractivity contribution in [3.8, 4) is 0 Å². The van der Waals surface area contributed by atoms with E-state index in [0.29, 0.717) is 17.7 Å². The maximum Gasteiger partial charge on any atom is 0.0297 e. The molecule has 0 unspecified atom stereocenters. The van der Waals surface area contributed by atoms with Gasteiger partial charge in [-0.25, -0.2) is 0 Å². The number of aryl methyl sites for hydroxylation is 2. The fourth-order valence-corrected chi connectivity index (χ4v) is 4.26. The van der Waals surface area contributed by atoms with Gasteiger partial charge in [-0.2, -0.15) is 0 Å². The molecule has 1 fully saturated rings. The Morgan fingerprint density at radius 1 is 1.05 bits per heavy atom. The third-order valence-corrected chi connectivity index (χ3v) is 5.95. The lowest BCUT2D eigenvalue weighted by molar-refractivity contribution is 0.225. The molecule has 0 radical (unpaired) electrons. The first kappa shape index (κ1) is 15.2. The minimum Gasteiger partial charge on any atom is -0.126 e. The average Bonchev–Trinajstić information content (AvgIpc) is 2.95. The summed E-state index contributed by atoms with van der Waals surface area (Å²) in [4.78, 5) is 0. The first-order valence-corrected chi connectivity index (χ1v) is 8.36. The molecule has 0 nitrogen and oxygen atoms in total. The van der Waals surface area contributed by atoms with Crippen molar-refractivity contribution in [2.75, 3.05) is 11.8 Å². The van der Waals surface area contributed by atoms with Crippen LogP contribution in [0.5, 0.6) is 0 Å². The van der Waals surface area contributed by atoms with Gasteiger partial charge in [0.1, 0.15) is 0 Å². The standard InChI is InChI=1S/C17H24Cl2/c1-13-7-8-15(9-14(13)2)10-17(11-18,12-19)16-5-3-4-6-16/h7-9,16H,3-6,10-12H2,1-2H3. The smallest absolute Gasteiger partial charge is 0.0297 e. The van der Waals surface area contributed by atoms with Crippen molar-refractivity contribution in [1.82, 2.24) is 0 Å². The van der Waals surface area contributed by atoms with E-state index in [2.05, 4.69) is 32.0 Å². The second-order valence-electron chi connectivity index (χ2n) is 6.21. The van der Waals surface area contributed by atoms with Crippen molar-refractivity contribution in [3.63, 3.8) is 0 Å². The molecule has 0 bridgehead atoms. The van der Waals surface area contributed by atoms with Crippen molar-refractivity contribution in [2.24, 2.45) is 11.3 Å². The molecule has 0 N–H and O–H groups in total. The van der Waals surface area contributed by atoms with Crippen LogP contribution >= 0.6 is 23.2 Å². The fraction of sp³-hybridized carbons (Fsp3) is 0.647. The molecule has 1 saturated carbocycles. The van der Waals surface area contributed by atoms with Crippen LogP contribution in [0.3, 0.4) is 0 Å². The highest BCUT2D eigenvalue weighted by Gasteiger charge is 2.39. The maximum absolute atomic E-state index is 6.34. The summed E-state index contributed by atoms with van der Waals surface area (Å²) in [7, 11) is 0. The zero-order valence-electron chi connectivity index (χ0n) is 12.0. The number of hydrogen-bond acceptors (Lipinski definition) is 0. The van der Waals surface area contributed by atoms with Gasteiger partial charge in [0.05, 0.1) is 0 Å². The van der Waals surface area contributed by atoms with Gasteiger partial charge in [0.15, 0.2) is 0 Å². The number of benzene rings is 1. The summed E-state index contributed by atoms with van der Waals surface area (Å²) in [5.74, 6) is 2.05. The van der Waals surface area contributed by atoms with Crippen LogP contribution in [0.2, 0.25) is 0 Å². The lowest BCUT2D eigenvalue weighted by Crippen LogP contribution is -2.35. The molecule has 1 aromatic rings. The molecule has 106 valence electrons. The van der Waals surface area contributed by atoms with E-state index in [1.807, 2.05) is 0 Å². The average molecular weight is 299 g/mol. The highest BCUT2D eigenvalue weighted by molar-refractivity contribution is 6.21. The Labute approximate surface area is 127 Å². The van der Waals surface area contributed by atoms with Crippen molar-refractivity contribution in [3.05, 3.63) is 34.9 Å². The van der Waals surface area contributed by atoms with E-state index >= 15 is 0 Å². The van der Waals surface area contributed by atoms with Gasteiger partial charge in [0, 0.05) is 17.2 Å². The van der Waals surface area contributed by atoms with Crippen molar-refractivity contribution >= 4 is 23.2 Å². The van der Waals surface area contributed by atoms with Crippen LogP contribution in [-0.2, 0) is 6.42 Å². The van der Waals surface area contributed by atoms with Gasteiger partial charge < -0.3 is 0 Å². The van der Waals surface area contributed by atoms with Gasteiger partial charge in [-0.05, 0) is 55.7 Å². The number of halogens is 2. The van der Waals surface area contributed by atoms with Crippen LogP contribution in [-0.4, -0.2) is 11.8 Å². The Morgan fingerprint density at radius 3 is 2.21 bits per heavy atom. The first-order chi connectivity index (χ1) is 9.11. The van der Waals surface area contributed by atoms with Crippen LogP contribution in [0, 0.1) is 25.2 Å². The summed E-state index contributed by atoms with van der Waals surface area (Å²) in [5, 5.41) is 0. The maximum atomic E-state index is 6.34. The quantitative estimate of drug-likeness (QED) is 0.630. The minimum absolute atomic E-state index is 0.0846. The van der Waals surface area contributed by atoms with Gasteiger partial charge in [0.25, 0.3) is 0 Å². The molecule has 0 aliphatic heterocycles. The van der Waals surface area contributed by atoms with Crippen LogP contribution in [0.15, 0.2) is 18.2 Å². The van der Waals surface area contributed by atoms with Crippen LogP contribution in [0.4, 0.5) is 0 Å². The SMILES string of the molecule is Cc1ccc(CC(CCl)(CCl)C2CCCC2)cc1C. The van der Waals surface area contributed by atoms with Crippen molar-refractivity contribution in [2.45, 2.75) is 46.0 Å². The topological polar surface area (TPSA) is 0 Å². The first-order valence-electron chi connectivity index (χ1n) is 7.29. The summed E-state index contributed by atoms with van der Waals surface area (Å²) in [6, 6.07) is 6.76. The van der Waals surface area contributed by atoms with E-state index in [-0.39, 0.29) is 5.41 Å². The zero-order valence-corrected chi connectivity index (χ0v) is 13.5. The van der Waals surface area contributed by atoms with E-state index < -0.39 is 0 Å². The molecule has 2 heteroatoms. The van der Waals surface area contributed by atoms with Gasteiger partial charge in [-0.15, -0.1) is 23.2 Å². The molecule has 0 aromatic heterocycles.